The number of Topliss-reactive ketones (excluding diaryl/α,β-unsaturated/α-hetero) is 1. The number of halogens is 3. The van der Waals surface area contributed by atoms with Crippen LogP contribution in [0.2, 0.25) is 5.02 Å². The van der Waals surface area contributed by atoms with Crippen LogP contribution < -0.4 is 4.74 Å². The summed E-state index contributed by atoms with van der Waals surface area (Å²) in [7, 11) is 1.31. The van der Waals surface area contributed by atoms with E-state index in [1.807, 2.05) is 0 Å². The zero-order chi connectivity index (χ0) is 10.7. The maximum atomic E-state index is 13.2. The fourth-order valence-corrected chi connectivity index (χ4v) is 1.43. The second kappa shape index (κ2) is 4.62. The van der Waals surface area contributed by atoms with Crippen molar-refractivity contribution < 1.29 is 13.9 Å². The standard InChI is InChI=1S/C9H7Cl2FO2/c1-14-9-5(11)2-3-6(12)8(9)7(13)4-10/h2-3H,4H2,1H3. The molecule has 0 unspecified atom stereocenters. The molecule has 14 heavy (non-hydrogen) atoms. The summed E-state index contributed by atoms with van der Waals surface area (Å²) in [6.45, 7) is 0. The maximum Gasteiger partial charge on any atom is 0.184 e. The molecular weight excluding hydrogens is 230 g/mol. The SMILES string of the molecule is COc1c(Cl)ccc(F)c1C(=O)CCl. The van der Waals surface area contributed by atoms with Crippen LogP contribution >= 0.6 is 23.2 Å². The van der Waals surface area contributed by atoms with Crippen LogP contribution in [-0.4, -0.2) is 18.8 Å². The Bertz CT molecular complexity index is 366. The van der Waals surface area contributed by atoms with Crippen molar-refractivity contribution in [2.24, 2.45) is 0 Å². The first-order valence-corrected chi connectivity index (χ1v) is 4.64. The number of methoxy groups -OCH3 is 1. The molecule has 0 heterocycles. The van der Waals surface area contributed by atoms with Crippen LogP contribution in [0.15, 0.2) is 12.1 Å². The molecule has 0 N–H and O–H groups in total. The second-order valence-corrected chi connectivity index (χ2v) is 3.17. The van der Waals surface area contributed by atoms with Gasteiger partial charge in [0.1, 0.15) is 5.82 Å². The van der Waals surface area contributed by atoms with Gasteiger partial charge in [-0.15, -0.1) is 11.6 Å². The van der Waals surface area contributed by atoms with E-state index >= 15 is 0 Å². The molecular formula is C9H7Cl2FO2. The number of carbonyl (C=O) groups excluding carboxylic acids is 1. The molecule has 0 bridgehead atoms. The minimum atomic E-state index is -0.683. The minimum absolute atomic E-state index is 0.0253. The summed E-state index contributed by atoms with van der Waals surface area (Å²) in [5, 5.41) is 0.183. The summed E-state index contributed by atoms with van der Waals surface area (Å²) in [4.78, 5) is 11.3. The van der Waals surface area contributed by atoms with E-state index in [0.29, 0.717) is 0 Å². The first kappa shape index (κ1) is 11.3. The normalized spacial score (nSPS) is 10.0. The topological polar surface area (TPSA) is 26.3 Å². The number of benzene rings is 1. The number of ketones is 1. The zero-order valence-electron chi connectivity index (χ0n) is 7.31. The third-order valence-corrected chi connectivity index (χ3v) is 2.20. The smallest absolute Gasteiger partial charge is 0.184 e. The summed E-state index contributed by atoms with van der Waals surface area (Å²) < 4.78 is 18.1. The second-order valence-electron chi connectivity index (χ2n) is 2.49. The summed E-state index contributed by atoms with van der Waals surface area (Å²) in [6, 6.07) is 2.42. The molecule has 0 saturated carbocycles. The van der Waals surface area contributed by atoms with Gasteiger partial charge in [-0.1, -0.05) is 11.6 Å². The summed E-state index contributed by atoms with van der Waals surface area (Å²) in [5.74, 6) is -1.52. The lowest BCUT2D eigenvalue weighted by Crippen LogP contribution is -2.06. The van der Waals surface area contributed by atoms with Crippen molar-refractivity contribution in [3.05, 3.63) is 28.5 Å². The quantitative estimate of drug-likeness (QED) is 0.596. The van der Waals surface area contributed by atoms with Gasteiger partial charge in [-0.25, -0.2) is 4.39 Å². The Morgan fingerprint density at radius 3 is 2.71 bits per heavy atom. The monoisotopic (exact) mass is 236 g/mol. The number of alkyl halides is 1. The molecule has 76 valence electrons. The summed E-state index contributed by atoms with van der Waals surface area (Å²) in [5.41, 5.74) is -0.199. The highest BCUT2D eigenvalue weighted by Gasteiger charge is 2.19. The average molecular weight is 237 g/mol. The molecule has 0 atom stereocenters. The van der Waals surface area contributed by atoms with Crippen LogP contribution in [0.1, 0.15) is 10.4 Å². The number of ether oxygens (including phenoxy) is 1. The highest BCUT2D eigenvalue weighted by Crippen LogP contribution is 2.30. The Morgan fingerprint density at radius 2 is 2.21 bits per heavy atom. The molecule has 1 rings (SSSR count). The van der Waals surface area contributed by atoms with Gasteiger partial charge in [-0.05, 0) is 12.1 Å². The Kier molecular flexibility index (Phi) is 3.72. The van der Waals surface area contributed by atoms with Crippen LogP contribution in [0.25, 0.3) is 0 Å². The Hall–Kier alpha value is -0.800. The van der Waals surface area contributed by atoms with E-state index in [2.05, 4.69) is 0 Å². The maximum absolute atomic E-state index is 13.2. The van der Waals surface area contributed by atoms with Crippen molar-refractivity contribution in [3.8, 4) is 5.75 Å². The molecule has 0 radical (unpaired) electrons. The molecule has 0 aliphatic heterocycles. The third kappa shape index (κ3) is 1.99. The van der Waals surface area contributed by atoms with Gasteiger partial charge in [0.25, 0.3) is 0 Å². The molecule has 2 nitrogen and oxygen atoms in total. The van der Waals surface area contributed by atoms with Crippen molar-refractivity contribution in [2.75, 3.05) is 13.0 Å². The third-order valence-electron chi connectivity index (χ3n) is 1.66. The molecule has 0 spiro atoms. The molecule has 0 aliphatic carbocycles. The lowest BCUT2D eigenvalue weighted by molar-refractivity contribution is 0.101. The van der Waals surface area contributed by atoms with Gasteiger partial charge in [-0.2, -0.15) is 0 Å². The number of hydrogen-bond donors (Lipinski definition) is 0. The van der Waals surface area contributed by atoms with E-state index in [1.165, 1.54) is 13.2 Å². The van der Waals surface area contributed by atoms with Gasteiger partial charge in [0, 0.05) is 0 Å². The van der Waals surface area contributed by atoms with Crippen molar-refractivity contribution in [1.29, 1.82) is 0 Å². The van der Waals surface area contributed by atoms with E-state index in [9.17, 15) is 9.18 Å². The molecule has 0 saturated heterocycles. The number of hydrogen-bond acceptors (Lipinski definition) is 2. The van der Waals surface area contributed by atoms with Gasteiger partial charge in [0.2, 0.25) is 0 Å². The van der Waals surface area contributed by atoms with Gasteiger partial charge in [0.15, 0.2) is 11.5 Å². The average Bonchev–Trinajstić information content (AvgIpc) is 2.19. The van der Waals surface area contributed by atoms with Crippen LogP contribution in [-0.2, 0) is 0 Å². The first-order valence-electron chi connectivity index (χ1n) is 3.73. The van der Waals surface area contributed by atoms with Crippen molar-refractivity contribution >= 4 is 29.0 Å². The van der Waals surface area contributed by atoms with E-state index < -0.39 is 11.6 Å². The lowest BCUT2D eigenvalue weighted by Gasteiger charge is -2.08. The van der Waals surface area contributed by atoms with Gasteiger partial charge in [-0.3, -0.25) is 4.79 Å². The van der Waals surface area contributed by atoms with E-state index in [4.69, 9.17) is 27.9 Å². The van der Waals surface area contributed by atoms with E-state index in [-0.39, 0.29) is 22.2 Å². The number of carbonyl (C=O) groups is 1. The highest BCUT2D eigenvalue weighted by atomic mass is 35.5. The van der Waals surface area contributed by atoms with Crippen molar-refractivity contribution in [2.45, 2.75) is 0 Å². The minimum Gasteiger partial charge on any atom is -0.494 e. The molecule has 0 aliphatic rings. The first-order chi connectivity index (χ1) is 6.61. The van der Waals surface area contributed by atoms with E-state index in [0.717, 1.165) is 6.07 Å². The van der Waals surface area contributed by atoms with Crippen molar-refractivity contribution in [3.63, 3.8) is 0 Å². The lowest BCUT2D eigenvalue weighted by atomic mass is 10.1. The fourth-order valence-electron chi connectivity index (χ4n) is 1.06. The van der Waals surface area contributed by atoms with Gasteiger partial charge in [0.05, 0.1) is 23.6 Å². The highest BCUT2D eigenvalue weighted by molar-refractivity contribution is 6.34. The molecule has 1 aromatic rings. The zero-order valence-corrected chi connectivity index (χ0v) is 8.82. The fraction of sp³-hybridized carbons (Fsp3) is 0.222. The van der Waals surface area contributed by atoms with Crippen molar-refractivity contribution in [1.82, 2.24) is 0 Å². The Morgan fingerprint density at radius 1 is 1.57 bits per heavy atom. The van der Waals surface area contributed by atoms with Crippen LogP contribution in [0.5, 0.6) is 5.75 Å². The number of rotatable bonds is 3. The van der Waals surface area contributed by atoms with E-state index in [1.54, 1.807) is 0 Å². The molecule has 0 fully saturated rings. The summed E-state index contributed by atoms with van der Waals surface area (Å²) >= 11 is 11.0. The summed E-state index contributed by atoms with van der Waals surface area (Å²) in [6.07, 6.45) is 0. The molecule has 1 aromatic carbocycles. The van der Waals surface area contributed by atoms with Crippen LogP contribution in [0.3, 0.4) is 0 Å². The van der Waals surface area contributed by atoms with Gasteiger partial charge < -0.3 is 4.74 Å². The molecule has 0 aromatic heterocycles. The van der Waals surface area contributed by atoms with Crippen LogP contribution in [0.4, 0.5) is 4.39 Å². The largest absolute Gasteiger partial charge is 0.494 e. The molecule has 0 amide bonds. The molecule has 5 heteroatoms. The predicted octanol–water partition coefficient (Wildman–Crippen LogP) is 2.91. The Balaban J connectivity index is 3.37. The van der Waals surface area contributed by atoms with Crippen LogP contribution in [0, 0.1) is 5.82 Å². The van der Waals surface area contributed by atoms with Gasteiger partial charge >= 0.3 is 0 Å². The predicted molar refractivity (Wildman–Crippen MR) is 53.0 cm³/mol. The Labute approximate surface area is 90.6 Å².